The fourth-order valence-electron chi connectivity index (χ4n) is 2.25. The zero-order chi connectivity index (χ0) is 15.2. The van der Waals surface area contributed by atoms with Gasteiger partial charge < -0.3 is 0 Å². The Kier molecular flexibility index (Phi) is 5.09. The second-order valence-electron chi connectivity index (χ2n) is 5.53. The van der Waals surface area contributed by atoms with E-state index in [1.54, 1.807) is 10.8 Å². The van der Waals surface area contributed by atoms with Crippen LogP contribution in [0.5, 0.6) is 0 Å². The third kappa shape index (κ3) is 4.42. The molecule has 3 heteroatoms. The van der Waals surface area contributed by atoms with Gasteiger partial charge in [-0.3, -0.25) is 14.4 Å². The number of pyridine rings is 1. The molecule has 0 spiro atoms. The maximum Gasteiger partial charge on any atom is 0.232 e. The average molecular weight is 282 g/mol. The van der Waals surface area contributed by atoms with Crippen molar-refractivity contribution in [1.29, 1.82) is 0 Å². The zero-order valence-electron chi connectivity index (χ0n) is 12.9. The highest BCUT2D eigenvalue weighted by atomic mass is 16.2. The number of carbonyl (C=O) groups is 1. The number of rotatable bonds is 4. The normalized spacial score (nSPS) is 11.9. The molecule has 0 saturated heterocycles. The second kappa shape index (κ2) is 7.02. The largest absolute Gasteiger partial charge is 0.274 e. The lowest BCUT2D eigenvalue weighted by molar-refractivity contribution is 0.0897. The molecule has 2 rings (SSSR count). The molecule has 1 heterocycles. The summed E-state index contributed by atoms with van der Waals surface area (Å²) in [4.78, 5) is 16.9. The Bertz CT molecular complexity index is 683. The fourth-order valence-corrected chi connectivity index (χ4v) is 2.25. The quantitative estimate of drug-likeness (QED) is 0.846. The van der Waals surface area contributed by atoms with E-state index in [2.05, 4.69) is 30.1 Å². The predicted octanol–water partition coefficient (Wildman–Crippen LogP) is 3.38. The number of carbonyl (C=O) groups excluding carboxylic acids is 1. The number of aromatic nitrogens is 1. The number of aryl methyl sites for hydroxylation is 2. The molecule has 0 aliphatic carbocycles. The minimum atomic E-state index is 0.0801. The first-order valence-electron chi connectivity index (χ1n) is 7.36. The predicted molar refractivity (Wildman–Crippen MR) is 85.3 cm³/mol. The summed E-state index contributed by atoms with van der Waals surface area (Å²) in [6.07, 6.45) is 3.03. The Labute approximate surface area is 126 Å². The Morgan fingerprint density at radius 1 is 1.19 bits per heavy atom. The van der Waals surface area contributed by atoms with Crippen LogP contribution in [0.2, 0.25) is 0 Å². The third-order valence-electron chi connectivity index (χ3n) is 3.21. The van der Waals surface area contributed by atoms with Gasteiger partial charge in [0.1, 0.15) is 5.49 Å². The first-order chi connectivity index (χ1) is 10.1. The SMILES string of the molecule is Cc1cccc(CCC(=O)n2ccccc2=NC(C)C)c1. The van der Waals surface area contributed by atoms with Crippen molar-refractivity contribution in [3.8, 4) is 0 Å². The summed E-state index contributed by atoms with van der Waals surface area (Å²) >= 11 is 0. The van der Waals surface area contributed by atoms with Crippen LogP contribution in [0.3, 0.4) is 0 Å². The summed E-state index contributed by atoms with van der Waals surface area (Å²) in [6, 6.07) is 14.1. The van der Waals surface area contributed by atoms with Gasteiger partial charge in [-0.1, -0.05) is 35.9 Å². The maximum atomic E-state index is 12.4. The first kappa shape index (κ1) is 15.2. The van der Waals surface area contributed by atoms with Crippen molar-refractivity contribution in [3.63, 3.8) is 0 Å². The molecule has 21 heavy (non-hydrogen) atoms. The number of hydrogen-bond acceptors (Lipinski definition) is 2. The molecule has 0 amide bonds. The van der Waals surface area contributed by atoms with E-state index in [1.165, 1.54) is 11.1 Å². The van der Waals surface area contributed by atoms with Crippen molar-refractivity contribution >= 4 is 5.91 Å². The maximum absolute atomic E-state index is 12.4. The van der Waals surface area contributed by atoms with Crippen LogP contribution in [0, 0.1) is 6.92 Å². The van der Waals surface area contributed by atoms with Gasteiger partial charge in [-0.05, 0) is 44.9 Å². The minimum absolute atomic E-state index is 0.0801. The Morgan fingerprint density at radius 2 is 2.00 bits per heavy atom. The molecule has 110 valence electrons. The highest BCUT2D eigenvalue weighted by Crippen LogP contribution is 2.07. The summed E-state index contributed by atoms with van der Waals surface area (Å²) < 4.78 is 1.65. The molecule has 0 bridgehead atoms. The molecule has 0 N–H and O–H groups in total. The summed E-state index contributed by atoms with van der Waals surface area (Å²) in [7, 11) is 0. The van der Waals surface area contributed by atoms with E-state index < -0.39 is 0 Å². The third-order valence-corrected chi connectivity index (χ3v) is 3.21. The molecule has 0 aliphatic heterocycles. The Balaban J connectivity index is 2.14. The van der Waals surface area contributed by atoms with Crippen molar-refractivity contribution in [2.24, 2.45) is 4.99 Å². The van der Waals surface area contributed by atoms with Crippen LogP contribution < -0.4 is 5.49 Å². The lowest BCUT2D eigenvalue weighted by Gasteiger charge is -2.07. The van der Waals surface area contributed by atoms with Crippen LogP contribution in [0.25, 0.3) is 0 Å². The Morgan fingerprint density at radius 3 is 2.71 bits per heavy atom. The topological polar surface area (TPSA) is 34.4 Å². The molecule has 2 aromatic rings. The lowest BCUT2D eigenvalue weighted by atomic mass is 10.1. The monoisotopic (exact) mass is 282 g/mol. The van der Waals surface area contributed by atoms with Crippen molar-refractivity contribution in [2.45, 2.75) is 39.7 Å². The van der Waals surface area contributed by atoms with Crippen LogP contribution in [0.4, 0.5) is 0 Å². The second-order valence-corrected chi connectivity index (χ2v) is 5.53. The first-order valence-corrected chi connectivity index (χ1v) is 7.36. The van der Waals surface area contributed by atoms with E-state index in [4.69, 9.17) is 0 Å². The summed E-state index contributed by atoms with van der Waals surface area (Å²) in [5.41, 5.74) is 3.15. The number of nitrogens with zero attached hydrogens (tertiary/aromatic N) is 2. The van der Waals surface area contributed by atoms with Crippen LogP contribution in [0.1, 0.15) is 36.2 Å². The van der Waals surface area contributed by atoms with Gasteiger partial charge >= 0.3 is 0 Å². The summed E-state index contributed by atoms with van der Waals surface area (Å²) in [5, 5.41) is 0. The van der Waals surface area contributed by atoms with Gasteiger partial charge in [-0.15, -0.1) is 0 Å². The minimum Gasteiger partial charge on any atom is -0.274 e. The van der Waals surface area contributed by atoms with Gasteiger partial charge in [0.15, 0.2) is 0 Å². The molecule has 0 unspecified atom stereocenters. The van der Waals surface area contributed by atoms with Crippen LogP contribution in [-0.2, 0) is 6.42 Å². The highest BCUT2D eigenvalue weighted by molar-refractivity contribution is 5.78. The van der Waals surface area contributed by atoms with Gasteiger partial charge in [-0.25, -0.2) is 0 Å². The smallest absolute Gasteiger partial charge is 0.232 e. The van der Waals surface area contributed by atoms with Crippen molar-refractivity contribution in [3.05, 3.63) is 65.3 Å². The average Bonchev–Trinajstić information content (AvgIpc) is 2.45. The van der Waals surface area contributed by atoms with Crippen molar-refractivity contribution in [1.82, 2.24) is 4.57 Å². The number of benzene rings is 1. The lowest BCUT2D eigenvalue weighted by Crippen LogP contribution is -2.27. The molecule has 0 aliphatic rings. The summed E-state index contributed by atoms with van der Waals surface area (Å²) in [5.74, 6) is 0.0801. The highest BCUT2D eigenvalue weighted by Gasteiger charge is 2.06. The zero-order valence-corrected chi connectivity index (χ0v) is 12.9. The molecular formula is C18H22N2O. The van der Waals surface area contributed by atoms with Crippen molar-refractivity contribution in [2.75, 3.05) is 0 Å². The van der Waals surface area contributed by atoms with E-state index in [0.29, 0.717) is 6.42 Å². The molecule has 0 saturated carbocycles. The van der Waals surface area contributed by atoms with E-state index in [-0.39, 0.29) is 11.9 Å². The molecule has 0 atom stereocenters. The molecule has 0 fully saturated rings. The molecule has 1 aromatic heterocycles. The van der Waals surface area contributed by atoms with Gasteiger partial charge in [0.2, 0.25) is 5.91 Å². The Hall–Kier alpha value is -2.16. The fraction of sp³-hybridized carbons (Fsp3) is 0.333. The molecule has 0 radical (unpaired) electrons. The van der Waals surface area contributed by atoms with E-state index >= 15 is 0 Å². The standard InChI is InChI=1S/C18H22N2O/c1-14(2)19-17-9-4-5-12-20(17)18(21)11-10-16-8-6-7-15(3)13-16/h4-9,12-14H,10-11H2,1-3H3. The number of hydrogen-bond donors (Lipinski definition) is 0. The van der Waals surface area contributed by atoms with Gasteiger partial charge in [0, 0.05) is 18.7 Å². The molecular weight excluding hydrogens is 260 g/mol. The van der Waals surface area contributed by atoms with E-state index in [9.17, 15) is 4.79 Å². The van der Waals surface area contributed by atoms with E-state index in [1.807, 2.05) is 38.1 Å². The molecule has 1 aromatic carbocycles. The van der Waals surface area contributed by atoms with Gasteiger partial charge in [-0.2, -0.15) is 0 Å². The van der Waals surface area contributed by atoms with Crippen LogP contribution in [-0.4, -0.2) is 16.5 Å². The van der Waals surface area contributed by atoms with Crippen LogP contribution >= 0.6 is 0 Å². The summed E-state index contributed by atoms with van der Waals surface area (Å²) in [6.45, 7) is 6.08. The van der Waals surface area contributed by atoms with Gasteiger partial charge in [0.25, 0.3) is 0 Å². The van der Waals surface area contributed by atoms with E-state index in [0.717, 1.165) is 11.9 Å². The molecule has 3 nitrogen and oxygen atoms in total. The van der Waals surface area contributed by atoms with Crippen LogP contribution in [0.15, 0.2) is 53.7 Å². The van der Waals surface area contributed by atoms with Crippen molar-refractivity contribution < 1.29 is 4.79 Å². The van der Waals surface area contributed by atoms with Gasteiger partial charge in [0.05, 0.1) is 0 Å².